The fourth-order valence-corrected chi connectivity index (χ4v) is 3.43. The third-order valence-electron chi connectivity index (χ3n) is 5.10. The van der Waals surface area contributed by atoms with Gasteiger partial charge in [0.1, 0.15) is 46.5 Å². The number of carboxylic acid groups (broad SMARTS) is 1. The molecule has 0 radical (unpaired) electrons. The fraction of sp³-hybridized carbons (Fsp3) is 0.238. The van der Waals surface area contributed by atoms with Crippen molar-refractivity contribution in [2.75, 3.05) is 0 Å². The number of ether oxygens (including phenoxy) is 2. The van der Waals surface area contributed by atoms with Crippen LogP contribution in [0.25, 0.3) is 22.3 Å². The minimum atomic E-state index is -1.92. The van der Waals surface area contributed by atoms with E-state index in [9.17, 15) is 40.2 Å². The summed E-state index contributed by atoms with van der Waals surface area (Å²) in [5.41, 5.74) is -0.546. The van der Waals surface area contributed by atoms with Crippen LogP contribution >= 0.6 is 0 Å². The highest BCUT2D eigenvalue weighted by Crippen LogP contribution is 2.36. The van der Waals surface area contributed by atoms with E-state index in [0.717, 1.165) is 24.3 Å². The van der Waals surface area contributed by atoms with E-state index in [-0.39, 0.29) is 33.8 Å². The molecule has 1 saturated heterocycles. The summed E-state index contributed by atoms with van der Waals surface area (Å²) in [4.78, 5) is 23.7. The Labute approximate surface area is 183 Å². The van der Waals surface area contributed by atoms with Crippen LogP contribution in [0, 0.1) is 0 Å². The molecule has 0 amide bonds. The Bertz CT molecular complexity index is 1280. The van der Waals surface area contributed by atoms with E-state index in [1.165, 1.54) is 12.1 Å². The van der Waals surface area contributed by atoms with Crippen molar-refractivity contribution >= 4 is 16.9 Å². The number of carboxylic acids is 1. The molecule has 174 valence electrons. The molecule has 2 aromatic carbocycles. The zero-order valence-corrected chi connectivity index (χ0v) is 16.5. The molecular formula is C21H18O12. The maximum Gasteiger partial charge on any atom is 0.335 e. The molecule has 1 aliphatic rings. The first kappa shape index (κ1) is 22.4. The van der Waals surface area contributed by atoms with Crippen LogP contribution in [-0.4, -0.2) is 72.4 Å². The van der Waals surface area contributed by atoms with Gasteiger partial charge in [-0.3, -0.25) is 4.79 Å². The van der Waals surface area contributed by atoms with Crippen LogP contribution < -0.4 is 10.2 Å². The van der Waals surface area contributed by atoms with E-state index in [1.54, 1.807) is 0 Å². The Morgan fingerprint density at radius 1 is 0.909 bits per heavy atom. The molecule has 5 atom stereocenters. The van der Waals surface area contributed by atoms with Crippen LogP contribution in [0.15, 0.2) is 45.6 Å². The van der Waals surface area contributed by atoms with Gasteiger partial charge in [-0.1, -0.05) is 0 Å². The summed E-state index contributed by atoms with van der Waals surface area (Å²) in [7, 11) is 0. The monoisotopic (exact) mass is 462 g/mol. The van der Waals surface area contributed by atoms with Gasteiger partial charge in [0.05, 0.1) is 0 Å². The molecule has 0 aliphatic carbocycles. The average Bonchev–Trinajstić information content (AvgIpc) is 2.74. The van der Waals surface area contributed by atoms with Crippen molar-refractivity contribution in [3.8, 4) is 34.3 Å². The van der Waals surface area contributed by atoms with E-state index in [1.807, 2.05) is 0 Å². The zero-order valence-electron chi connectivity index (χ0n) is 16.5. The molecule has 7 N–H and O–H groups in total. The summed E-state index contributed by atoms with van der Waals surface area (Å²) >= 11 is 0. The SMILES string of the molecule is O=C(O)[C@@H]1O[C@@H](Oc2cc(-c3cc(=O)c4c(O)cc(O)cc4o3)ccc2O)[C@H](O)[C@@H](O)[C@@H]1O. The molecule has 0 bridgehead atoms. The van der Waals surface area contributed by atoms with Gasteiger partial charge in [-0.05, 0) is 18.2 Å². The molecule has 0 saturated carbocycles. The van der Waals surface area contributed by atoms with Crippen molar-refractivity contribution in [1.82, 2.24) is 0 Å². The highest BCUT2D eigenvalue weighted by atomic mass is 16.7. The number of carbonyl (C=O) groups is 1. The van der Waals surface area contributed by atoms with Gasteiger partial charge in [0.25, 0.3) is 0 Å². The van der Waals surface area contributed by atoms with Crippen molar-refractivity contribution in [2.24, 2.45) is 0 Å². The molecule has 2 heterocycles. The number of phenolic OH excluding ortho intramolecular Hbond substituents is 3. The normalized spacial score (nSPS) is 25.1. The Hall–Kier alpha value is -3.84. The van der Waals surface area contributed by atoms with Gasteiger partial charge in [-0.2, -0.15) is 0 Å². The van der Waals surface area contributed by atoms with Crippen LogP contribution in [0.2, 0.25) is 0 Å². The second-order valence-corrected chi connectivity index (χ2v) is 7.35. The molecule has 12 heteroatoms. The second kappa shape index (κ2) is 8.26. The van der Waals surface area contributed by atoms with Crippen LogP contribution in [0.4, 0.5) is 0 Å². The number of hydrogen-bond acceptors (Lipinski definition) is 11. The molecule has 33 heavy (non-hydrogen) atoms. The number of rotatable bonds is 4. The Morgan fingerprint density at radius 3 is 2.33 bits per heavy atom. The van der Waals surface area contributed by atoms with Gasteiger partial charge in [0.2, 0.25) is 6.29 Å². The standard InChI is InChI=1S/C21H18O12/c22-8-4-10(24)15-11(25)6-12(31-14(15)5-8)7-1-2-9(23)13(3-7)32-21-18(28)16(26)17(27)19(33-21)20(29)30/h1-6,16-19,21-24,26-28H,(H,29,30)/t16-,17-,18+,19+,21+/m0/s1. The van der Waals surface area contributed by atoms with Crippen molar-refractivity contribution < 1.29 is 54.4 Å². The zero-order chi connectivity index (χ0) is 24.0. The number of hydrogen-bond donors (Lipinski definition) is 7. The summed E-state index contributed by atoms with van der Waals surface area (Å²) in [5, 5.41) is 68.5. The number of aliphatic carboxylic acids is 1. The number of benzene rings is 2. The quantitative estimate of drug-likeness (QED) is 0.270. The van der Waals surface area contributed by atoms with Gasteiger partial charge in [-0.15, -0.1) is 0 Å². The lowest BCUT2D eigenvalue weighted by Gasteiger charge is -2.38. The highest BCUT2D eigenvalue weighted by Gasteiger charge is 2.48. The first-order valence-electron chi connectivity index (χ1n) is 9.49. The average molecular weight is 462 g/mol. The van der Waals surface area contributed by atoms with Gasteiger partial charge in [-0.25, -0.2) is 4.79 Å². The number of aromatic hydroxyl groups is 3. The Balaban J connectivity index is 1.70. The predicted octanol–water partition coefficient (Wildman–Crippen LogP) is -0.152. The fourth-order valence-electron chi connectivity index (χ4n) is 3.43. The first-order valence-corrected chi connectivity index (χ1v) is 9.49. The number of aliphatic hydroxyl groups is 3. The lowest BCUT2D eigenvalue weighted by molar-refractivity contribution is -0.271. The van der Waals surface area contributed by atoms with Crippen LogP contribution in [-0.2, 0) is 9.53 Å². The molecule has 1 aromatic heterocycles. The van der Waals surface area contributed by atoms with Gasteiger partial charge in [0.15, 0.2) is 23.0 Å². The summed E-state index contributed by atoms with van der Waals surface area (Å²) < 4.78 is 16.0. The van der Waals surface area contributed by atoms with Crippen molar-refractivity contribution in [3.05, 3.63) is 46.6 Å². The lowest BCUT2D eigenvalue weighted by Crippen LogP contribution is -2.61. The Kier molecular flexibility index (Phi) is 5.59. The number of fused-ring (bicyclic) bond motifs is 1. The topological polar surface area (TPSA) is 207 Å². The minimum Gasteiger partial charge on any atom is -0.508 e. The van der Waals surface area contributed by atoms with Crippen LogP contribution in [0.1, 0.15) is 0 Å². The molecule has 4 rings (SSSR count). The molecular weight excluding hydrogens is 444 g/mol. The minimum absolute atomic E-state index is 0.0358. The molecule has 3 aromatic rings. The van der Waals surface area contributed by atoms with Crippen LogP contribution in [0.3, 0.4) is 0 Å². The second-order valence-electron chi connectivity index (χ2n) is 7.35. The third kappa shape index (κ3) is 4.03. The van der Waals surface area contributed by atoms with E-state index in [4.69, 9.17) is 19.0 Å². The molecule has 1 aliphatic heterocycles. The van der Waals surface area contributed by atoms with E-state index < -0.39 is 53.6 Å². The van der Waals surface area contributed by atoms with Crippen molar-refractivity contribution in [1.29, 1.82) is 0 Å². The highest BCUT2D eigenvalue weighted by molar-refractivity contribution is 5.86. The largest absolute Gasteiger partial charge is 0.508 e. The van der Waals surface area contributed by atoms with E-state index in [2.05, 4.69) is 0 Å². The summed E-state index contributed by atoms with van der Waals surface area (Å²) in [6, 6.07) is 6.86. The predicted molar refractivity (Wildman–Crippen MR) is 108 cm³/mol. The molecule has 0 spiro atoms. The van der Waals surface area contributed by atoms with Crippen molar-refractivity contribution in [2.45, 2.75) is 30.7 Å². The maximum atomic E-state index is 12.4. The van der Waals surface area contributed by atoms with Gasteiger partial charge >= 0.3 is 5.97 Å². The van der Waals surface area contributed by atoms with Crippen LogP contribution in [0.5, 0.6) is 23.0 Å². The first-order chi connectivity index (χ1) is 15.6. The lowest BCUT2D eigenvalue weighted by atomic mass is 9.99. The number of aliphatic hydroxyl groups excluding tert-OH is 3. The molecule has 1 fully saturated rings. The third-order valence-corrected chi connectivity index (χ3v) is 5.10. The summed E-state index contributed by atoms with van der Waals surface area (Å²) in [6.45, 7) is 0. The number of phenols is 3. The smallest absolute Gasteiger partial charge is 0.335 e. The molecule has 12 nitrogen and oxygen atoms in total. The van der Waals surface area contributed by atoms with Crippen molar-refractivity contribution in [3.63, 3.8) is 0 Å². The Morgan fingerprint density at radius 2 is 1.64 bits per heavy atom. The maximum absolute atomic E-state index is 12.4. The molecule has 0 unspecified atom stereocenters. The van der Waals surface area contributed by atoms with Gasteiger partial charge in [0, 0.05) is 23.8 Å². The summed E-state index contributed by atoms with van der Waals surface area (Å²) in [5.74, 6) is -3.24. The summed E-state index contributed by atoms with van der Waals surface area (Å²) in [6.07, 6.45) is -9.37. The van der Waals surface area contributed by atoms with E-state index in [0.29, 0.717) is 0 Å². The van der Waals surface area contributed by atoms with E-state index >= 15 is 0 Å². The van der Waals surface area contributed by atoms with Gasteiger partial charge < -0.3 is 49.6 Å².